The average Bonchev–Trinajstić information content (AvgIpc) is 3.23. The Bertz CT molecular complexity index is 1250. The van der Waals surface area contributed by atoms with Crippen molar-refractivity contribution in [3.63, 3.8) is 0 Å². The monoisotopic (exact) mass is 399 g/mol. The molecule has 0 aliphatic carbocycles. The highest BCUT2D eigenvalue weighted by atomic mass is 16.6. The van der Waals surface area contributed by atoms with Crippen LogP contribution in [0.2, 0.25) is 0 Å². The summed E-state index contributed by atoms with van der Waals surface area (Å²) < 4.78 is 5.64. The molecule has 1 aromatic heterocycles. The van der Waals surface area contributed by atoms with E-state index in [2.05, 4.69) is 10.5 Å². The number of fused-ring (bicyclic) bond motifs is 1. The van der Waals surface area contributed by atoms with Crippen LogP contribution in [0.25, 0.3) is 22.1 Å². The second-order valence-corrected chi connectivity index (χ2v) is 6.62. The minimum Gasteiger partial charge on any atom is -0.455 e. The normalized spacial score (nSPS) is 11.1. The molecule has 4 rings (SSSR count). The zero-order valence-electron chi connectivity index (χ0n) is 15.8. The van der Waals surface area contributed by atoms with Crippen LogP contribution in [0.4, 0.5) is 5.69 Å². The number of nitro groups is 1. The number of hydrogen-bond donors (Lipinski definition) is 1. The fourth-order valence-corrected chi connectivity index (χ4v) is 3.18. The highest BCUT2D eigenvalue weighted by molar-refractivity contribution is 5.90. The van der Waals surface area contributed by atoms with E-state index < -0.39 is 4.92 Å². The molecular weight excluding hydrogens is 382 g/mol. The van der Waals surface area contributed by atoms with Gasteiger partial charge in [-0.3, -0.25) is 14.9 Å². The molecule has 0 aliphatic rings. The van der Waals surface area contributed by atoms with E-state index in [0.29, 0.717) is 17.1 Å². The number of benzene rings is 3. The Labute approximate surface area is 171 Å². The Morgan fingerprint density at radius 2 is 1.83 bits per heavy atom. The van der Waals surface area contributed by atoms with Crippen LogP contribution < -0.4 is 5.43 Å². The van der Waals surface area contributed by atoms with Gasteiger partial charge in [0.1, 0.15) is 11.5 Å². The van der Waals surface area contributed by atoms with Gasteiger partial charge < -0.3 is 4.42 Å². The molecule has 1 heterocycles. The summed E-state index contributed by atoms with van der Waals surface area (Å²) in [5, 5.41) is 17.0. The van der Waals surface area contributed by atoms with E-state index in [-0.39, 0.29) is 18.0 Å². The summed E-state index contributed by atoms with van der Waals surface area (Å²) in [7, 11) is 0. The molecule has 3 aromatic carbocycles. The second-order valence-electron chi connectivity index (χ2n) is 6.62. The lowest BCUT2D eigenvalue weighted by Gasteiger charge is -2.05. The summed E-state index contributed by atoms with van der Waals surface area (Å²) in [5.74, 6) is 0.650. The first-order valence-corrected chi connectivity index (χ1v) is 9.23. The number of rotatable bonds is 6. The van der Waals surface area contributed by atoms with Gasteiger partial charge in [-0.2, -0.15) is 5.10 Å². The average molecular weight is 399 g/mol. The molecule has 0 aliphatic heterocycles. The van der Waals surface area contributed by atoms with E-state index in [0.717, 1.165) is 16.3 Å². The topological polar surface area (TPSA) is 97.7 Å². The molecule has 7 nitrogen and oxygen atoms in total. The van der Waals surface area contributed by atoms with Crippen LogP contribution in [0.5, 0.6) is 0 Å². The third kappa shape index (κ3) is 4.25. The molecule has 0 fully saturated rings. The Morgan fingerprint density at radius 3 is 2.70 bits per heavy atom. The zero-order valence-corrected chi connectivity index (χ0v) is 15.8. The van der Waals surface area contributed by atoms with Gasteiger partial charge in [-0.25, -0.2) is 5.43 Å². The van der Waals surface area contributed by atoms with Gasteiger partial charge in [0.25, 0.3) is 5.69 Å². The van der Waals surface area contributed by atoms with Crippen LogP contribution in [0, 0.1) is 10.1 Å². The molecule has 1 amide bonds. The predicted molar refractivity (Wildman–Crippen MR) is 114 cm³/mol. The van der Waals surface area contributed by atoms with Crippen LogP contribution in [-0.4, -0.2) is 17.0 Å². The standard InChI is InChI=1S/C23H17N3O4/c27-23(14-17-7-3-6-16-5-1-2-10-21(16)17)25-24-15-20-11-12-22(30-20)18-8-4-9-19(13-18)26(28)29/h1-13,15H,14H2,(H,25,27)/b24-15-. The van der Waals surface area contributed by atoms with Gasteiger partial charge in [0.2, 0.25) is 5.91 Å². The maximum absolute atomic E-state index is 12.3. The highest BCUT2D eigenvalue weighted by Crippen LogP contribution is 2.25. The molecule has 0 unspecified atom stereocenters. The van der Waals surface area contributed by atoms with Gasteiger partial charge in [0, 0.05) is 17.7 Å². The molecule has 0 bridgehead atoms. The third-order valence-electron chi connectivity index (χ3n) is 4.58. The van der Waals surface area contributed by atoms with Crippen LogP contribution in [0.3, 0.4) is 0 Å². The van der Waals surface area contributed by atoms with Crippen LogP contribution in [-0.2, 0) is 11.2 Å². The Kier molecular flexibility index (Phi) is 5.34. The third-order valence-corrected chi connectivity index (χ3v) is 4.58. The lowest BCUT2D eigenvalue weighted by Crippen LogP contribution is -2.19. The molecule has 0 radical (unpaired) electrons. The predicted octanol–water partition coefficient (Wildman–Crippen LogP) is 4.70. The van der Waals surface area contributed by atoms with Crippen molar-refractivity contribution in [2.45, 2.75) is 6.42 Å². The summed E-state index contributed by atoms with van der Waals surface area (Å²) in [5.41, 5.74) is 3.99. The van der Waals surface area contributed by atoms with Crippen molar-refractivity contribution in [3.05, 3.63) is 100 Å². The maximum Gasteiger partial charge on any atom is 0.270 e. The molecule has 0 atom stereocenters. The zero-order chi connectivity index (χ0) is 20.9. The smallest absolute Gasteiger partial charge is 0.270 e. The summed E-state index contributed by atoms with van der Waals surface area (Å²) in [6.45, 7) is 0. The van der Waals surface area contributed by atoms with E-state index in [4.69, 9.17) is 4.42 Å². The fraction of sp³-hybridized carbons (Fsp3) is 0.0435. The van der Waals surface area contributed by atoms with Crippen LogP contribution in [0.15, 0.2) is 88.4 Å². The lowest BCUT2D eigenvalue weighted by atomic mass is 10.0. The fourth-order valence-electron chi connectivity index (χ4n) is 3.18. The Morgan fingerprint density at radius 1 is 1.03 bits per heavy atom. The first kappa shape index (κ1) is 19.1. The van der Waals surface area contributed by atoms with Crippen molar-refractivity contribution in [2.24, 2.45) is 5.10 Å². The van der Waals surface area contributed by atoms with Crippen molar-refractivity contribution in [1.29, 1.82) is 0 Å². The number of carbonyl (C=O) groups is 1. The van der Waals surface area contributed by atoms with Crippen molar-refractivity contribution in [1.82, 2.24) is 5.43 Å². The molecule has 1 N–H and O–H groups in total. The van der Waals surface area contributed by atoms with E-state index in [1.807, 2.05) is 42.5 Å². The number of nitro benzene ring substituents is 1. The summed E-state index contributed by atoms with van der Waals surface area (Å²) in [4.78, 5) is 22.7. The Hall–Kier alpha value is -4.26. The van der Waals surface area contributed by atoms with Gasteiger partial charge >= 0.3 is 0 Å². The quantitative estimate of drug-likeness (QED) is 0.289. The van der Waals surface area contributed by atoms with Crippen molar-refractivity contribution < 1.29 is 14.1 Å². The molecule has 148 valence electrons. The molecule has 4 aromatic rings. The summed E-state index contributed by atoms with van der Waals surface area (Å²) >= 11 is 0. The van der Waals surface area contributed by atoms with E-state index in [1.54, 1.807) is 24.3 Å². The van der Waals surface area contributed by atoms with Gasteiger partial charge in [0.05, 0.1) is 17.6 Å². The molecule has 7 heteroatoms. The van der Waals surface area contributed by atoms with Gasteiger partial charge in [-0.15, -0.1) is 0 Å². The molecule has 30 heavy (non-hydrogen) atoms. The van der Waals surface area contributed by atoms with Crippen LogP contribution in [0.1, 0.15) is 11.3 Å². The largest absolute Gasteiger partial charge is 0.455 e. The first-order valence-electron chi connectivity index (χ1n) is 9.23. The molecular formula is C23H17N3O4. The number of amides is 1. The number of hydrogen-bond acceptors (Lipinski definition) is 5. The van der Waals surface area contributed by atoms with E-state index in [1.165, 1.54) is 18.3 Å². The number of nitrogens with one attached hydrogen (secondary N) is 1. The lowest BCUT2D eigenvalue weighted by molar-refractivity contribution is -0.384. The van der Waals surface area contributed by atoms with Gasteiger partial charge in [-0.05, 0) is 28.5 Å². The SMILES string of the molecule is O=C(Cc1cccc2ccccc12)N/N=C\c1ccc(-c2cccc([N+](=O)[O-])c2)o1. The maximum atomic E-state index is 12.3. The van der Waals surface area contributed by atoms with Crippen molar-refractivity contribution in [3.8, 4) is 11.3 Å². The molecule has 0 saturated heterocycles. The number of hydrazone groups is 1. The van der Waals surface area contributed by atoms with E-state index in [9.17, 15) is 14.9 Å². The van der Waals surface area contributed by atoms with E-state index >= 15 is 0 Å². The number of carbonyl (C=O) groups excluding carboxylic acids is 1. The molecule has 0 saturated carbocycles. The van der Waals surface area contributed by atoms with Crippen LogP contribution >= 0.6 is 0 Å². The molecule has 0 spiro atoms. The number of non-ortho nitro benzene ring substituents is 1. The summed E-state index contributed by atoms with van der Waals surface area (Å²) in [6.07, 6.45) is 1.59. The van der Waals surface area contributed by atoms with Crippen molar-refractivity contribution >= 4 is 28.6 Å². The van der Waals surface area contributed by atoms with Gasteiger partial charge in [0.15, 0.2) is 0 Å². The second kappa shape index (κ2) is 8.40. The number of furan rings is 1. The Balaban J connectivity index is 1.41. The van der Waals surface area contributed by atoms with Crippen molar-refractivity contribution in [2.75, 3.05) is 0 Å². The minimum absolute atomic E-state index is 0.0141. The summed E-state index contributed by atoms with van der Waals surface area (Å²) in [6, 6.07) is 23.3. The minimum atomic E-state index is -0.458. The highest BCUT2D eigenvalue weighted by Gasteiger charge is 2.10. The number of nitrogens with zero attached hydrogens (tertiary/aromatic N) is 2. The van der Waals surface area contributed by atoms with Gasteiger partial charge in [-0.1, -0.05) is 54.6 Å². The first-order chi connectivity index (χ1) is 14.6.